The minimum absolute atomic E-state index is 0.257. The summed E-state index contributed by atoms with van der Waals surface area (Å²) in [6.45, 7) is 11.9. The lowest BCUT2D eigenvalue weighted by Gasteiger charge is -2.34. The summed E-state index contributed by atoms with van der Waals surface area (Å²) in [6, 6.07) is 6.00. The fourth-order valence-electron chi connectivity index (χ4n) is 3.83. The third kappa shape index (κ3) is 7.43. The lowest BCUT2D eigenvalue weighted by molar-refractivity contribution is 0.0464. The van der Waals surface area contributed by atoms with Crippen molar-refractivity contribution >= 4 is 11.3 Å². The number of aliphatic hydroxyl groups excluding tert-OH is 1. The van der Waals surface area contributed by atoms with Crippen LogP contribution in [0.5, 0.6) is 11.5 Å². The summed E-state index contributed by atoms with van der Waals surface area (Å²) in [5, 5.41) is 13.6. The highest BCUT2D eigenvalue weighted by molar-refractivity contribution is 7.09. The minimum atomic E-state index is -0.523. The number of likely N-dealkylation sites (N-methyl/N-ethyl adjacent to an activating group) is 1. The van der Waals surface area contributed by atoms with E-state index in [4.69, 9.17) is 9.47 Å². The molecule has 8 heteroatoms. The Balaban J connectivity index is 1.47. The van der Waals surface area contributed by atoms with Gasteiger partial charge in [0, 0.05) is 50.3 Å². The number of nitrogens with zero attached hydrogens (tertiary/aromatic N) is 4. The van der Waals surface area contributed by atoms with Gasteiger partial charge in [0.1, 0.15) is 17.7 Å². The van der Waals surface area contributed by atoms with Gasteiger partial charge in [0.2, 0.25) is 0 Å². The van der Waals surface area contributed by atoms with Gasteiger partial charge in [-0.2, -0.15) is 0 Å². The van der Waals surface area contributed by atoms with Crippen molar-refractivity contribution in [2.75, 3.05) is 60.0 Å². The molecule has 1 aliphatic heterocycles. The molecule has 0 bridgehead atoms. The molecule has 0 radical (unpaired) electrons. The number of β-amino-alcohol motifs (C(OH)–C–C–N with tert-alkyl or cyclic N) is 1. The molecular formula is C23H36N4O3S. The number of thiazole rings is 1. The third-order valence-electron chi connectivity index (χ3n) is 5.56. The van der Waals surface area contributed by atoms with Crippen molar-refractivity contribution in [2.45, 2.75) is 33.0 Å². The largest absolute Gasteiger partial charge is 0.493 e. The van der Waals surface area contributed by atoms with Crippen LogP contribution in [0.2, 0.25) is 0 Å². The smallest absolute Gasteiger partial charge is 0.161 e. The van der Waals surface area contributed by atoms with E-state index in [9.17, 15) is 5.11 Å². The standard InChI is InChI=1S/C23H36N4O3S/c1-5-26-8-10-27(11-9-26)14-20(28)16-30-21-7-6-19(12-22(21)29-4)13-25(3)15-23-24-18(2)17-31-23/h6-7,12,17,20,28H,5,8-11,13-16H2,1-4H3/t20-/m1/s1. The zero-order valence-corrected chi connectivity index (χ0v) is 20.0. The van der Waals surface area contributed by atoms with Crippen LogP contribution in [0, 0.1) is 6.92 Å². The monoisotopic (exact) mass is 448 g/mol. The lowest BCUT2D eigenvalue weighted by Crippen LogP contribution is -2.49. The van der Waals surface area contributed by atoms with Crippen LogP contribution in [0.4, 0.5) is 0 Å². The summed E-state index contributed by atoms with van der Waals surface area (Å²) >= 11 is 1.69. The van der Waals surface area contributed by atoms with Crippen LogP contribution in [0.25, 0.3) is 0 Å². The molecule has 1 aromatic carbocycles. The number of hydrogen-bond acceptors (Lipinski definition) is 8. The molecular weight excluding hydrogens is 412 g/mol. The molecule has 1 aromatic heterocycles. The molecule has 1 atom stereocenters. The zero-order chi connectivity index (χ0) is 22.2. The topological polar surface area (TPSA) is 61.3 Å². The summed E-state index contributed by atoms with van der Waals surface area (Å²) in [7, 11) is 3.74. The maximum atomic E-state index is 10.4. The molecule has 7 nitrogen and oxygen atoms in total. The number of aromatic nitrogens is 1. The van der Waals surface area contributed by atoms with E-state index in [1.807, 2.05) is 19.1 Å². The summed E-state index contributed by atoms with van der Waals surface area (Å²) in [5.74, 6) is 1.36. The molecule has 0 amide bonds. The summed E-state index contributed by atoms with van der Waals surface area (Å²) in [4.78, 5) is 11.5. The number of methoxy groups -OCH3 is 1. The van der Waals surface area contributed by atoms with Crippen LogP contribution < -0.4 is 9.47 Å². The molecule has 0 unspecified atom stereocenters. The Kier molecular flexibility index (Phi) is 9.10. The molecule has 0 aliphatic carbocycles. The normalized spacial score (nSPS) is 16.6. The first-order valence-corrected chi connectivity index (χ1v) is 11.9. The second-order valence-electron chi connectivity index (χ2n) is 8.24. The molecule has 1 fully saturated rings. The second kappa shape index (κ2) is 11.8. The van der Waals surface area contributed by atoms with E-state index in [-0.39, 0.29) is 6.61 Å². The summed E-state index contributed by atoms with van der Waals surface area (Å²) < 4.78 is 11.4. The predicted octanol–water partition coefficient (Wildman–Crippen LogP) is 2.47. The summed E-state index contributed by atoms with van der Waals surface area (Å²) in [5.41, 5.74) is 2.22. The molecule has 1 N–H and O–H groups in total. The average Bonchev–Trinajstić information content (AvgIpc) is 3.17. The van der Waals surface area contributed by atoms with Crippen molar-refractivity contribution in [3.8, 4) is 11.5 Å². The summed E-state index contributed by atoms with van der Waals surface area (Å²) in [6.07, 6.45) is -0.523. The Hall–Kier alpha value is -1.71. The number of rotatable bonds is 11. The van der Waals surface area contributed by atoms with Crippen molar-refractivity contribution in [3.63, 3.8) is 0 Å². The van der Waals surface area contributed by atoms with Gasteiger partial charge in [-0.15, -0.1) is 11.3 Å². The highest BCUT2D eigenvalue weighted by Crippen LogP contribution is 2.29. The first-order chi connectivity index (χ1) is 15.0. The quantitative estimate of drug-likeness (QED) is 0.567. The Morgan fingerprint density at radius 2 is 1.90 bits per heavy atom. The molecule has 2 heterocycles. The second-order valence-corrected chi connectivity index (χ2v) is 9.18. The van der Waals surface area contributed by atoms with Gasteiger partial charge in [-0.3, -0.25) is 9.80 Å². The molecule has 3 rings (SSSR count). The maximum Gasteiger partial charge on any atom is 0.161 e. The number of ether oxygens (including phenoxy) is 2. The predicted molar refractivity (Wildman–Crippen MR) is 125 cm³/mol. The van der Waals surface area contributed by atoms with Crippen LogP contribution in [-0.2, 0) is 13.1 Å². The van der Waals surface area contributed by atoms with E-state index in [0.29, 0.717) is 18.0 Å². The Morgan fingerprint density at radius 3 is 2.55 bits per heavy atom. The molecule has 1 aliphatic rings. The third-order valence-corrected chi connectivity index (χ3v) is 6.52. The van der Waals surface area contributed by atoms with E-state index in [1.165, 1.54) is 0 Å². The number of hydrogen-bond donors (Lipinski definition) is 1. The van der Waals surface area contributed by atoms with Crippen LogP contribution in [0.1, 0.15) is 23.2 Å². The molecule has 0 saturated carbocycles. The first kappa shape index (κ1) is 23.9. The van der Waals surface area contributed by atoms with Gasteiger partial charge >= 0.3 is 0 Å². The van der Waals surface area contributed by atoms with Gasteiger partial charge in [-0.25, -0.2) is 4.98 Å². The van der Waals surface area contributed by atoms with Crippen molar-refractivity contribution in [1.82, 2.24) is 19.7 Å². The van der Waals surface area contributed by atoms with Gasteiger partial charge in [-0.05, 0) is 38.2 Å². The zero-order valence-electron chi connectivity index (χ0n) is 19.2. The molecule has 2 aromatic rings. The number of aryl methyl sites for hydroxylation is 1. The van der Waals surface area contributed by atoms with Crippen molar-refractivity contribution in [1.29, 1.82) is 0 Å². The van der Waals surface area contributed by atoms with Crippen molar-refractivity contribution < 1.29 is 14.6 Å². The fourth-order valence-corrected chi connectivity index (χ4v) is 4.68. The van der Waals surface area contributed by atoms with E-state index < -0.39 is 6.10 Å². The van der Waals surface area contributed by atoms with Crippen molar-refractivity contribution in [3.05, 3.63) is 39.8 Å². The van der Waals surface area contributed by atoms with E-state index in [1.54, 1.807) is 18.4 Å². The van der Waals surface area contributed by atoms with Crippen molar-refractivity contribution in [2.24, 2.45) is 0 Å². The van der Waals surface area contributed by atoms with Gasteiger partial charge in [0.05, 0.1) is 13.7 Å². The van der Waals surface area contributed by atoms with Gasteiger partial charge in [-0.1, -0.05) is 13.0 Å². The van der Waals surface area contributed by atoms with Crippen LogP contribution in [0.15, 0.2) is 23.6 Å². The Labute approximate surface area is 190 Å². The minimum Gasteiger partial charge on any atom is -0.493 e. The highest BCUT2D eigenvalue weighted by Gasteiger charge is 2.19. The number of piperazine rings is 1. The lowest BCUT2D eigenvalue weighted by atomic mass is 10.2. The maximum absolute atomic E-state index is 10.4. The van der Waals surface area contributed by atoms with Gasteiger partial charge in [0.15, 0.2) is 11.5 Å². The number of aliphatic hydroxyl groups is 1. The first-order valence-electron chi connectivity index (χ1n) is 11.0. The van der Waals surface area contributed by atoms with E-state index in [0.717, 1.165) is 62.1 Å². The fraction of sp³-hybridized carbons (Fsp3) is 0.609. The highest BCUT2D eigenvalue weighted by atomic mass is 32.1. The Bertz CT molecular complexity index is 808. The molecule has 0 spiro atoms. The van der Waals surface area contributed by atoms with Gasteiger partial charge < -0.3 is 19.5 Å². The van der Waals surface area contributed by atoms with E-state index >= 15 is 0 Å². The average molecular weight is 449 g/mol. The number of benzene rings is 1. The SMILES string of the molecule is CCN1CCN(C[C@@H](O)COc2ccc(CN(C)Cc3nc(C)cs3)cc2OC)CC1. The van der Waals surface area contributed by atoms with Crippen LogP contribution in [0.3, 0.4) is 0 Å². The Morgan fingerprint density at radius 1 is 1.16 bits per heavy atom. The van der Waals surface area contributed by atoms with Crippen LogP contribution >= 0.6 is 11.3 Å². The molecule has 31 heavy (non-hydrogen) atoms. The van der Waals surface area contributed by atoms with E-state index in [2.05, 4.69) is 45.1 Å². The van der Waals surface area contributed by atoms with Gasteiger partial charge in [0.25, 0.3) is 0 Å². The molecule has 172 valence electrons. The van der Waals surface area contributed by atoms with Crippen LogP contribution in [-0.4, -0.2) is 90.9 Å². The molecule has 1 saturated heterocycles.